The molecule has 1 amide bonds. The summed E-state index contributed by atoms with van der Waals surface area (Å²) < 4.78 is 23.0. The number of fused-ring (bicyclic) bond motifs is 1. The highest BCUT2D eigenvalue weighted by Crippen LogP contribution is 2.46. The van der Waals surface area contributed by atoms with Gasteiger partial charge in [-0.2, -0.15) is 0 Å². The predicted molar refractivity (Wildman–Crippen MR) is 52.7 cm³/mol. The minimum Gasteiger partial charge on any atom is -0.320 e. The second-order valence-corrected chi connectivity index (χ2v) is 7.21. The van der Waals surface area contributed by atoms with E-state index in [0.717, 1.165) is 0 Å². The fraction of sp³-hybridized carbons (Fsp3) is 0.778. The van der Waals surface area contributed by atoms with Gasteiger partial charge in [0.1, 0.15) is 11.7 Å². The Morgan fingerprint density at radius 1 is 1.53 bits per heavy atom. The Morgan fingerprint density at radius 3 is 2.60 bits per heavy atom. The van der Waals surface area contributed by atoms with Crippen LogP contribution in [0.25, 0.3) is 0 Å². The zero-order chi connectivity index (χ0) is 11.4. The van der Waals surface area contributed by atoms with Crippen LogP contribution in [0.3, 0.4) is 0 Å². The lowest BCUT2D eigenvalue weighted by atomic mass is 9.96. The van der Waals surface area contributed by atoms with E-state index in [0.29, 0.717) is 6.29 Å². The Morgan fingerprint density at radius 2 is 2.13 bits per heavy atom. The zero-order valence-corrected chi connectivity index (χ0v) is 9.45. The molecule has 5 nitrogen and oxygen atoms in total. The SMILES string of the molecule is CC1(C)[C@H](CC=O)N2C(=O)C[C@H]2S1(=O)=O. The average molecular weight is 231 g/mol. The van der Waals surface area contributed by atoms with Gasteiger partial charge in [0.05, 0.1) is 17.2 Å². The Labute approximate surface area is 88.4 Å². The lowest BCUT2D eigenvalue weighted by molar-refractivity contribution is -0.144. The van der Waals surface area contributed by atoms with Crippen LogP contribution in [0, 0.1) is 0 Å². The Balaban J connectivity index is 2.47. The van der Waals surface area contributed by atoms with Crippen molar-refractivity contribution < 1.29 is 18.0 Å². The Kier molecular flexibility index (Phi) is 1.99. The first-order chi connectivity index (χ1) is 6.84. The molecular formula is C9H13NO4S. The summed E-state index contributed by atoms with van der Waals surface area (Å²) in [6.45, 7) is 3.17. The van der Waals surface area contributed by atoms with E-state index >= 15 is 0 Å². The minimum absolute atomic E-state index is 0.0706. The van der Waals surface area contributed by atoms with Crippen molar-refractivity contribution in [2.75, 3.05) is 0 Å². The minimum atomic E-state index is -3.32. The summed E-state index contributed by atoms with van der Waals surface area (Å²) in [5.74, 6) is -0.166. The molecule has 0 aromatic rings. The van der Waals surface area contributed by atoms with Gasteiger partial charge in [0.25, 0.3) is 0 Å². The van der Waals surface area contributed by atoms with Crippen LogP contribution in [-0.4, -0.2) is 41.7 Å². The van der Waals surface area contributed by atoms with Crippen LogP contribution in [0.4, 0.5) is 0 Å². The molecule has 0 N–H and O–H groups in total. The summed E-state index contributed by atoms with van der Waals surface area (Å²) in [6.07, 6.45) is 0.839. The standard InChI is InChI=1S/C9H13NO4S/c1-9(2)6(3-4-11)10-7(12)5-8(10)15(9,13)14/h4,6,8H,3,5H2,1-2H3/t6-,8+/m0/s1. The number of carbonyl (C=O) groups is 2. The maximum atomic E-state index is 12.0. The number of carbonyl (C=O) groups excluding carboxylic acids is 2. The van der Waals surface area contributed by atoms with Crippen molar-refractivity contribution in [1.29, 1.82) is 0 Å². The van der Waals surface area contributed by atoms with Crippen molar-refractivity contribution in [2.45, 2.75) is 42.9 Å². The number of sulfone groups is 1. The Hall–Kier alpha value is -0.910. The molecule has 0 bridgehead atoms. The lowest BCUT2D eigenvalue weighted by Gasteiger charge is -2.36. The second-order valence-electron chi connectivity index (χ2n) is 4.53. The number of amides is 1. The molecule has 84 valence electrons. The van der Waals surface area contributed by atoms with Gasteiger partial charge in [0.2, 0.25) is 5.91 Å². The molecule has 6 heteroatoms. The number of β-lactam (4-membered cyclic amide) rings is 1. The van der Waals surface area contributed by atoms with E-state index < -0.39 is 26.0 Å². The molecule has 0 radical (unpaired) electrons. The smallest absolute Gasteiger partial charge is 0.227 e. The number of hydrogen-bond acceptors (Lipinski definition) is 4. The van der Waals surface area contributed by atoms with Gasteiger partial charge in [0, 0.05) is 6.42 Å². The monoisotopic (exact) mass is 231 g/mol. The van der Waals surface area contributed by atoms with Gasteiger partial charge >= 0.3 is 0 Å². The fourth-order valence-corrected chi connectivity index (χ4v) is 4.61. The lowest BCUT2D eigenvalue weighted by Crippen LogP contribution is -2.54. The summed E-state index contributed by atoms with van der Waals surface area (Å²) >= 11 is 0. The first kappa shape index (κ1) is 10.6. The summed E-state index contributed by atoms with van der Waals surface area (Å²) in [5, 5.41) is -0.690. The second kappa shape index (κ2) is 2.81. The molecule has 2 saturated heterocycles. The van der Waals surface area contributed by atoms with Crippen molar-refractivity contribution in [3.05, 3.63) is 0 Å². The van der Waals surface area contributed by atoms with Crippen LogP contribution in [0.1, 0.15) is 26.7 Å². The molecule has 2 aliphatic heterocycles. The highest BCUT2D eigenvalue weighted by Gasteiger charge is 2.64. The average Bonchev–Trinajstić information content (AvgIpc) is 2.22. The predicted octanol–water partition coefficient (Wildman–Crippen LogP) is -0.291. The van der Waals surface area contributed by atoms with Crippen molar-refractivity contribution in [1.82, 2.24) is 4.90 Å². The van der Waals surface area contributed by atoms with Gasteiger partial charge in [-0.3, -0.25) is 4.79 Å². The van der Waals surface area contributed by atoms with Gasteiger partial charge in [-0.05, 0) is 13.8 Å². The fourth-order valence-electron chi connectivity index (χ4n) is 2.40. The highest BCUT2D eigenvalue weighted by atomic mass is 32.2. The molecule has 2 fully saturated rings. The molecule has 15 heavy (non-hydrogen) atoms. The first-order valence-corrected chi connectivity index (χ1v) is 6.37. The number of rotatable bonds is 2. The van der Waals surface area contributed by atoms with Gasteiger partial charge < -0.3 is 9.69 Å². The maximum Gasteiger partial charge on any atom is 0.227 e. The number of aldehydes is 1. The Bertz CT molecular complexity index is 425. The molecule has 0 spiro atoms. The largest absolute Gasteiger partial charge is 0.320 e. The van der Waals surface area contributed by atoms with E-state index in [1.54, 1.807) is 13.8 Å². The van der Waals surface area contributed by atoms with Crippen LogP contribution in [0.15, 0.2) is 0 Å². The topological polar surface area (TPSA) is 71.5 Å². The van der Waals surface area contributed by atoms with Crippen LogP contribution >= 0.6 is 0 Å². The van der Waals surface area contributed by atoms with Crippen LogP contribution < -0.4 is 0 Å². The first-order valence-electron chi connectivity index (χ1n) is 4.82. The van der Waals surface area contributed by atoms with Crippen molar-refractivity contribution in [2.24, 2.45) is 0 Å². The third kappa shape index (κ3) is 1.05. The summed E-state index contributed by atoms with van der Waals surface area (Å²) in [5.41, 5.74) is 0. The van der Waals surface area contributed by atoms with Gasteiger partial charge in [-0.15, -0.1) is 0 Å². The van der Waals surface area contributed by atoms with Crippen molar-refractivity contribution >= 4 is 22.0 Å². The van der Waals surface area contributed by atoms with Gasteiger partial charge in [-0.25, -0.2) is 8.42 Å². The van der Waals surface area contributed by atoms with Crippen LogP contribution in [-0.2, 0) is 19.4 Å². The van der Waals surface area contributed by atoms with Gasteiger partial charge in [0.15, 0.2) is 9.84 Å². The molecular weight excluding hydrogens is 218 g/mol. The highest BCUT2D eigenvalue weighted by molar-refractivity contribution is 7.93. The van der Waals surface area contributed by atoms with Crippen molar-refractivity contribution in [3.63, 3.8) is 0 Å². The van der Waals surface area contributed by atoms with E-state index in [1.165, 1.54) is 4.90 Å². The molecule has 2 aliphatic rings. The third-order valence-electron chi connectivity index (χ3n) is 3.50. The molecule has 0 aromatic heterocycles. The quantitative estimate of drug-likeness (QED) is 0.483. The number of hydrogen-bond donors (Lipinski definition) is 0. The van der Waals surface area contributed by atoms with E-state index in [2.05, 4.69) is 0 Å². The van der Waals surface area contributed by atoms with Crippen LogP contribution in [0.5, 0.6) is 0 Å². The van der Waals surface area contributed by atoms with Gasteiger partial charge in [-0.1, -0.05) is 0 Å². The van der Waals surface area contributed by atoms with Crippen LogP contribution in [0.2, 0.25) is 0 Å². The molecule has 0 saturated carbocycles. The molecule has 0 aliphatic carbocycles. The van der Waals surface area contributed by atoms with E-state index in [4.69, 9.17) is 0 Å². The third-order valence-corrected chi connectivity index (χ3v) is 6.35. The molecule has 0 aromatic carbocycles. The molecule has 0 unspecified atom stereocenters. The number of nitrogens with zero attached hydrogens (tertiary/aromatic N) is 1. The molecule has 2 rings (SSSR count). The maximum absolute atomic E-state index is 12.0. The van der Waals surface area contributed by atoms with Crippen molar-refractivity contribution in [3.8, 4) is 0 Å². The normalized spacial score (nSPS) is 35.9. The van der Waals surface area contributed by atoms with E-state index in [9.17, 15) is 18.0 Å². The van der Waals surface area contributed by atoms with E-state index in [1.807, 2.05) is 0 Å². The zero-order valence-electron chi connectivity index (χ0n) is 8.63. The molecule has 2 heterocycles. The summed E-state index contributed by atoms with van der Waals surface area (Å²) in [6, 6.07) is -0.494. The summed E-state index contributed by atoms with van der Waals surface area (Å²) in [4.78, 5) is 23.2. The summed E-state index contributed by atoms with van der Waals surface area (Å²) in [7, 11) is -3.32. The van der Waals surface area contributed by atoms with E-state index in [-0.39, 0.29) is 18.7 Å². The molecule has 2 atom stereocenters.